The topological polar surface area (TPSA) is 46.2 Å². The molecule has 0 saturated carbocycles. The zero-order valence-corrected chi connectivity index (χ0v) is 10.8. The molecule has 0 spiro atoms. The molecule has 1 aromatic rings. The molecule has 1 atom stereocenters. The van der Waals surface area contributed by atoms with Crippen LogP contribution in [0.1, 0.15) is 18.1 Å². The Labute approximate surface area is 97.8 Å². The second-order valence-corrected chi connectivity index (χ2v) is 6.49. The maximum atomic E-state index is 11.1. The van der Waals surface area contributed by atoms with Crippen molar-refractivity contribution < 1.29 is 8.42 Å². The summed E-state index contributed by atoms with van der Waals surface area (Å²) in [6, 6.07) is 8.08. The molecule has 1 unspecified atom stereocenters. The lowest BCUT2D eigenvalue weighted by atomic mass is 10.1. The van der Waals surface area contributed by atoms with E-state index in [4.69, 9.17) is 0 Å². The smallest absolute Gasteiger partial charge is 0.148 e. The molecule has 90 valence electrons. The molecule has 0 bridgehead atoms. The average Bonchev–Trinajstić information content (AvgIpc) is 2.14. The van der Waals surface area contributed by atoms with Crippen LogP contribution in [0.15, 0.2) is 24.3 Å². The van der Waals surface area contributed by atoms with Gasteiger partial charge in [-0.2, -0.15) is 0 Å². The Balaban J connectivity index is 2.49. The molecule has 0 aromatic heterocycles. The van der Waals surface area contributed by atoms with Crippen LogP contribution in [-0.4, -0.2) is 26.5 Å². The van der Waals surface area contributed by atoms with E-state index in [9.17, 15) is 8.42 Å². The normalized spacial score (nSPS) is 13.7. The highest BCUT2D eigenvalue weighted by atomic mass is 32.2. The Bertz CT molecular complexity index is 440. The SMILES string of the molecule is Cc1ccccc1CNC(C)CS(C)(=O)=O. The van der Waals surface area contributed by atoms with Gasteiger partial charge >= 0.3 is 0 Å². The molecule has 1 N–H and O–H groups in total. The number of rotatable bonds is 5. The first-order valence-corrected chi connectivity index (χ1v) is 7.40. The average molecular weight is 241 g/mol. The Kier molecular flexibility index (Phi) is 4.50. The first-order chi connectivity index (χ1) is 7.38. The third-order valence-corrected chi connectivity index (χ3v) is 3.56. The molecule has 0 aliphatic carbocycles. The van der Waals surface area contributed by atoms with Gasteiger partial charge in [0.15, 0.2) is 0 Å². The zero-order valence-electron chi connectivity index (χ0n) is 10.0. The van der Waals surface area contributed by atoms with Crippen LogP contribution in [-0.2, 0) is 16.4 Å². The van der Waals surface area contributed by atoms with E-state index in [-0.39, 0.29) is 11.8 Å². The quantitative estimate of drug-likeness (QED) is 0.850. The lowest BCUT2D eigenvalue weighted by Crippen LogP contribution is -2.32. The molecule has 0 heterocycles. The molecule has 0 radical (unpaired) electrons. The molecular weight excluding hydrogens is 222 g/mol. The van der Waals surface area contributed by atoms with Crippen molar-refractivity contribution in [3.8, 4) is 0 Å². The van der Waals surface area contributed by atoms with E-state index < -0.39 is 9.84 Å². The summed E-state index contributed by atoms with van der Waals surface area (Å²) in [6.07, 6.45) is 1.26. The van der Waals surface area contributed by atoms with E-state index in [1.807, 2.05) is 19.1 Å². The summed E-state index contributed by atoms with van der Waals surface area (Å²) in [6.45, 7) is 4.65. The highest BCUT2D eigenvalue weighted by Gasteiger charge is 2.09. The van der Waals surface area contributed by atoms with Crippen LogP contribution >= 0.6 is 0 Å². The Morgan fingerprint density at radius 2 is 1.94 bits per heavy atom. The first-order valence-electron chi connectivity index (χ1n) is 5.34. The fraction of sp³-hybridized carbons (Fsp3) is 0.500. The largest absolute Gasteiger partial charge is 0.309 e. The monoisotopic (exact) mass is 241 g/mol. The third-order valence-electron chi connectivity index (χ3n) is 2.45. The number of sulfone groups is 1. The van der Waals surface area contributed by atoms with E-state index in [0.717, 1.165) is 0 Å². The van der Waals surface area contributed by atoms with Crippen LogP contribution < -0.4 is 5.32 Å². The molecule has 0 aliphatic rings. The maximum absolute atomic E-state index is 11.1. The van der Waals surface area contributed by atoms with Crippen LogP contribution in [0.2, 0.25) is 0 Å². The molecule has 4 heteroatoms. The van der Waals surface area contributed by atoms with Crippen molar-refractivity contribution in [2.24, 2.45) is 0 Å². The zero-order chi connectivity index (χ0) is 12.2. The molecule has 0 fully saturated rings. The van der Waals surface area contributed by atoms with Crippen molar-refractivity contribution in [1.29, 1.82) is 0 Å². The number of nitrogens with one attached hydrogen (secondary N) is 1. The molecule has 0 saturated heterocycles. The van der Waals surface area contributed by atoms with Gasteiger partial charge in [-0.05, 0) is 25.0 Å². The van der Waals surface area contributed by atoms with Gasteiger partial charge < -0.3 is 5.32 Å². The summed E-state index contributed by atoms with van der Waals surface area (Å²) >= 11 is 0. The van der Waals surface area contributed by atoms with Gasteiger partial charge in [0.05, 0.1) is 5.75 Å². The highest BCUT2D eigenvalue weighted by Crippen LogP contribution is 2.06. The van der Waals surface area contributed by atoms with Crippen molar-refractivity contribution in [2.45, 2.75) is 26.4 Å². The molecule has 0 amide bonds. The van der Waals surface area contributed by atoms with E-state index in [2.05, 4.69) is 24.4 Å². The Morgan fingerprint density at radius 3 is 2.50 bits per heavy atom. The minimum absolute atomic E-state index is 0.0189. The molecule has 1 aromatic carbocycles. The van der Waals surface area contributed by atoms with Crippen molar-refractivity contribution in [2.75, 3.05) is 12.0 Å². The summed E-state index contributed by atoms with van der Waals surface area (Å²) < 4.78 is 22.2. The van der Waals surface area contributed by atoms with Crippen molar-refractivity contribution in [1.82, 2.24) is 5.32 Å². The van der Waals surface area contributed by atoms with Crippen molar-refractivity contribution >= 4 is 9.84 Å². The highest BCUT2D eigenvalue weighted by molar-refractivity contribution is 7.90. The fourth-order valence-electron chi connectivity index (χ4n) is 1.61. The summed E-state index contributed by atoms with van der Waals surface area (Å²) in [5.74, 6) is 0.179. The van der Waals surface area contributed by atoms with Crippen LogP contribution in [0, 0.1) is 6.92 Å². The second kappa shape index (κ2) is 5.46. The van der Waals surface area contributed by atoms with E-state index in [1.54, 1.807) is 0 Å². The van der Waals surface area contributed by atoms with E-state index >= 15 is 0 Å². The lowest BCUT2D eigenvalue weighted by molar-refractivity contribution is 0.559. The minimum atomic E-state index is -2.90. The predicted molar refractivity (Wildman–Crippen MR) is 67.2 cm³/mol. The van der Waals surface area contributed by atoms with Crippen LogP contribution in [0.3, 0.4) is 0 Å². The van der Waals surface area contributed by atoms with Gasteiger partial charge in [0.25, 0.3) is 0 Å². The summed E-state index contributed by atoms with van der Waals surface area (Å²) in [5, 5.41) is 3.22. The standard InChI is InChI=1S/C12H19NO2S/c1-10-6-4-5-7-12(10)8-13-11(2)9-16(3,14)15/h4-7,11,13H,8-9H2,1-3H3. The number of hydrogen-bond donors (Lipinski definition) is 1. The van der Waals surface area contributed by atoms with Crippen LogP contribution in [0.25, 0.3) is 0 Å². The molecule has 16 heavy (non-hydrogen) atoms. The van der Waals surface area contributed by atoms with Crippen LogP contribution in [0.4, 0.5) is 0 Å². The number of aryl methyl sites for hydroxylation is 1. The lowest BCUT2D eigenvalue weighted by Gasteiger charge is -2.13. The first kappa shape index (κ1) is 13.2. The Hall–Kier alpha value is -0.870. The van der Waals surface area contributed by atoms with Crippen molar-refractivity contribution in [3.05, 3.63) is 35.4 Å². The van der Waals surface area contributed by atoms with E-state index in [1.165, 1.54) is 17.4 Å². The van der Waals surface area contributed by atoms with Gasteiger partial charge in [-0.25, -0.2) is 8.42 Å². The predicted octanol–water partition coefficient (Wildman–Crippen LogP) is 1.52. The number of hydrogen-bond acceptors (Lipinski definition) is 3. The van der Waals surface area contributed by atoms with Gasteiger partial charge in [-0.3, -0.25) is 0 Å². The molecule has 3 nitrogen and oxygen atoms in total. The number of benzene rings is 1. The van der Waals surface area contributed by atoms with Crippen LogP contribution in [0.5, 0.6) is 0 Å². The van der Waals surface area contributed by atoms with Gasteiger partial charge in [0, 0.05) is 18.8 Å². The fourth-order valence-corrected chi connectivity index (χ4v) is 2.63. The third kappa shape index (κ3) is 4.77. The molecule has 0 aliphatic heterocycles. The summed E-state index contributed by atoms with van der Waals surface area (Å²) in [4.78, 5) is 0. The van der Waals surface area contributed by atoms with Gasteiger partial charge in [-0.15, -0.1) is 0 Å². The van der Waals surface area contributed by atoms with Gasteiger partial charge in [0.2, 0.25) is 0 Å². The van der Waals surface area contributed by atoms with Crippen molar-refractivity contribution in [3.63, 3.8) is 0 Å². The van der Waals surface area contributed by atoms with E-state index in [0.29, 0.717) is 6.54 Å². The Morgan fingerprint density at radius 1 is 1.31 bits per heavy atom. The molecule has 1 rings (SSSR count). The van der Waals surface area contributed by atoms with Gasteiger partial charge in [0.1, 0.15) is 9.84 Å². The second-order valence-electron chi connectivity index (χ2n) is 4.30. The maximum Gasteiger partial charge on any atom is 0.148 e. The minimum Gasteiger partial charge on any atom is -0.309 e. The summed E-state index contributed by atoms with van der Waals surface area (Å²) in [7, 11) is -2.90. The summed E-state index contributed by atoms with van der Waals surface area (Å²) in [5.41, 5.74) is 2.43. The molecular formula is C12H19NO2S. The van der Waals surface area contributed by atoms with Gasteiger partial charge in [-0.1, -0.05) is 24.3 Å².